The largest absolute Gasteiger partial charge is 0.385 e. The molecule has 0 aliphatic heterocycles. The van der Waals surface area contributed by atoms with Crippen LogP contribution in [0.4, 0.5) is 5.69 Å². The smallest absolute Gasteiger partial charge is 0.224 e. The van der Waals surface area contributed by atoms with E-state index in [1.165, 1.54) is 25.7 Å². The summed E-state index contributed by atoms with van der Waals surface area (Å²) in [6.07, 6.45) is 5.92. The summed E-state index contributed by atoms with van der Waals surface area (Å²) in [5, 5.41) is 6.17. The monoisotopic (exact) mass is 274 g/mol. The van der Waals surface area contributed by atoms with Crippen molar-refractivity contribution in [3.63, 3.8) is 0 Å². The maximum Gasteiger partial charge on any atom is 0.224 e. The summed E-state index contributed by atoms with van der Waals surface area (Å²) < 4.78 is 0. The summed E-state index contributed by atoms with van der Waals surface area (Å²) in [7, 11) is 1.67. The van der Waals surface area contributed by atoms with Gasteiger partial charge < -0.3 is 10.6 Å². The van der Waals surface area contributed by atoms with Gasteiger partial charge in [0.2, 0.25) is 5.91 Å². The van der Waals surface area contributed by atoms with Crippen LogP contribution < -0.4 is 10.6 Å². The highest BCUT2D eigenvalue weighted by Gasteiger charge is 2.18. The number of rotatable bonds is 5. The number of nitrogens with one attached hydrogen (secondary N) is 2. The van der Waals surface area contributed by atoms with Crippen LogP contribution in [0.5, 0.6) is 0 Å². The van der Waals surface area contributed by atoms with E-state index in [-0.39, 0.29) is 5.91 Å². The molecule has 1 saturated carbocycles. The molecule has 2 unspecified atom stereocenters. The van der Waals surface area contributed by atoms with Crippen molar-refractivity contribution in [2.24, 2.45) is 11.8 Å². The van der Waals surface area contributed by atoms with Crippen LogP contribution in [0.25, 0.3) is 0 Å². The second-order valence-corrected chi connectivity index (χ2v) is 6.07. The molecule has 2 N–H and O–H groups in total. The average molecular weight is 274 g/mol. The first-order valence-corrected chi connectivity index (χ1v) is 7.70. The molecule has 1 aliphatic rings. The van der Waals surface area contributed by atoms with Crippen molar-refractivity contribution in [2.75, 3.05) is 18.9 Å². The highest BCUT2D eigenvalue weighted by Crippen LogP contribution is 2.28. The maximum atomic E-state index is 11.3. The van der Waals surface area contributed by atoms with E-state index in [0.29, 0.717) is 6.42 Å². The third kappa shape index (κ3) is 4.55. The molecular formula is C17H26N2O. The number of carbonyl (C=O) groups excluding carboxylic acids is 1. The summed E-state index contributed by atoms with van der Waals surface area (Å²) in [5.74, 6) is 1.75. The third-order valence-corrected chi connectivity index (χ3v) is 4.24. The molecular weight excluding hydrogens is 248 g/mol. The minimum atomic E-state index is 0.0573. The Morgan fingerprint density at radius 2 is 2.00 bits per heavy atom. The van der Waals surface area contributed by atoms with E-state index in [0.717, 1.165) is 29.6 Å². The normalized spacial score (nSPS) is 22.3. The molecule has 1 aromatic carbocycles. The Bertz CT molecular complexity index is 427. The van der Waals surface area contributed by atoms with Gasteiger partial charge in [0.25, 0.3) is 0 Å². The van der Waals surface area contributed by atoms with Crippen LogP contribution >= 0.6 is 0 Å². The second-order valence-electron chi connectivity index (χ2n) is 6.07. The fourth-order valence-corrected chi connectivity index (χ4v) is 3.02. The van der Waals surface area contributed by atoms with E-state index in [1.54, 1.807) is 7.05 Å². The molecule has 2 atom stereocenters. The SMILES string of the molecule is CNC(=O)Cc1ccc(NCC2CCCC(C)C2)cc1. The summed E-state index contributed by atoms with van der Waals surface area (Å²) in [6, 6.07) is 8.21. The van der Waals surface area contributed by atoms with E-state index in [9.17, 15) is 4.79 Å². The molecule has 20 heavy (non-hydrogen) atoms. The highest BCUT2D eigenvalue weighted by atomic mass is 16.1. The van der Waals surface area contributed by atoms with Crippen molar-refractivity contribution in [3.8, 4) is 0 Å². The molecule has 110 valence electrons. The number of hydrogen-bond acceptors (Lipinski definition) is 2. The Balaban J connectivity index is 1.80. The Morgan fingerprint density at radius 3 is 2.65 bits per heavy atom. The summed E-state index contributed by atoms with van der Waals surface area (Å²) in [6.45, 7) is 3.43. The Kier molecular flexibility index (Phi) is 5.45. The third-order valence-electron chi connectivity index (χ3n) is 4.24. The molecule has 3 nitrogen and oxygen atoms in total. The molecule has 0 radical (unpaired) electrons. The van der Waals surface area contributed by atoms with Gasteiger partial charge in [-0.15, -0.1) is 0 Å². The van der Waals surface area contributed by atoms with Crippen molar-refractivity contribution in [2.45, 2.75) is 39.0 Å². The highest BCUT2D eigenvalue weighted by molar-refractivity contribution is 5.78. The molecule has 0 spiro atoms. The van der Waals surface area contributed by atoms with Crippen molar-refractivity contribution >= 4 is 11.6 Å². The van der Waals surface area contributed by atoms with Gasteiger partial charge in [0, 0.05) is 19.3 Å². The van der Waals surface area contributed by atoms with Crippen LogP contribution in [0.15, 0.2) is 24.3 Å². The van der Waals surface area contributed by atoms with E-state index in [2.05, 4.69) is 29.7 Å². The fraction of sp³-hybridized carbons (Fsp3) is 0.588. The standard InChI is InChI=1S/C17H26N2O/c1-13-4-3-5-15(10-13)12-19-16-8-6-14(7-9-16)11-17(20)18-2/h6-9,13,15,19H,3-5,10-12H2,1-2H3,(H,18,20). The number of benzene rings is 1. The molecule has 1 fully saturated rings. The molecule has 0 heterocycles. The zero-order valence-corrected chi connectivity index (χ0v) is 12.6. The van der Waals surface area contributed by atoms with Crippen molar-refractivity contribution in [3.05, 3.63) is 29.8 Å². The number of anilines is 1. The summed E-state index contributed by atoms with van der Waals surface area (Å²) in [4.78, 5) is 11.3. The lowest BCUT2D eigenvalue weighted by Crippen LogP contribution is -2.21. The molecule has 0 bridgehead atoms. The van der Waals surface area contributed by atoms with Gasteiger partial charge in [-0.05, 0) is 42.4 Å². The Labute approximate surface area is 122 Å². The summed E-state index contributed by atoms with van der Waals surface area (Å²) in [5.41, 5.74) is 2.21. The van der Waals surface area contributed by atoms with E-state index in [1.807, 2.05) is 12.1 Å². The molecule has 3 heteroatoms. The quantitative estimate of drug-likeness (QED) is 0.865. The molecule has 1 aliphatic carbocycles. The fourth-order valence-electron chi connectivity index (χ4n) is 3.02. The second kappa shape index (κ2) is 7.32. The van der Waals surface area contributed by atoms with Crippen LogP contribution in [0, 0.1) is 11.8 Å². The lowest BCUT2D eigenvalue weighted by Gasteiger charge is -2.27. The van der Waals surface area contributed by atoms with E-state index >= 15 is 0 Å². The van der Waals surface area contributed by atoms with Crippen LogP contribution in [-0.4, -0.2) is 19.5 Å². The molecule has 0 saturated heterocycles. The van der Waals surface area contributed by atoms with Gasteiger partial charge in [0.1, 0.15) is 0 Å². The van der Waals surface area contributed by atoms with Crippen molar-refractivity contribution < 1.29 is 4.79 Å². The van der Waals surface area contributed by atoms with Gasteiger partial charge in [0.15, 0.2) is 0 Å². The Morgan fingerprint density at radius 1 is 1.25 bits per heavy atom. The Hall–Kier alpha value is -1.51. The predicted octanol–water partition coefficient (Wildman–Crippen LogP) is 3.21. The van der Waals surface area contributed by atoms with Crippen LogP contribution in [0.2, 0.25) is 0 Å². The summed E-state index contributed by atoms with van der Waals surface area (Å²) >= 11 is 0. The maximum absolute atomic E-state index is 11.3. The van der Waals surface area contributed by atoms with Crippen molar-refractivity contribution in [1.82, 2.24) is 5.32 Å². The predicted molar refractivity (Wildman–Crippen MR) is 83.8 cm³/mol. The minimum Gasteiger partial charge on any atom is -0.385 e. The first-order valence-electron chi connectivity index (χ1n) is 7.70. The first-order chi connectivity index (χ1) is 9.67. The number of hydrogen-bond donors (Lipinski definition) is 2. The molecule has 2 rings (SSSR count). The minimum absolute atomic E-state index is 0.0573. The van der Waals surface area contributed by atoms with Gasteiger partial charge >= 0.3 is 0 Å². The number of amides is 1. The first kappa shape index (κ1) is 14.9. The number of carbonyl (C=O) groups is 1. The lowest BCUT2D eigenvalue weighted by molar-refractivity contribution is -0.119. The van der Waals surface area contributed by atoms with Crippen LogP contribution in [0.3, 0.4) is 0 Å². The van der Waals surface area contributed by atoms with Gasteiger partial charge in [0.05, 0.1) is 6.42 Å². The zero-order valence-electron chi connectivity index (χ0n) is 12.6. The van der Waals surface area contributed by atoms with Crippen LogP contribution in [-0.2, 0) is 11.2 Å². The zero-order chi connectivity index (χ0) is 14.4. The van der Waals surface area contributed by atoms with Crippen molar-refractivity contribution in [1.29, 1.82) is 0 Å². The lowest BCUT2D eigenvalue weighted by atomic mass is 9.82. The van der Waals surface area contributed by atoms with E-state index in [4.69, 9.17) is 0 Å². The van der Waals surface area contributed by atoms with Gasteiger partial charge in [-0.25, -0.2) is 0 Å². The van der Waals surface area contributed by atoms with Crippen LogP contribution in [0.1, 0.15) is 38.2 Å². The van der Waals surface area contributed by atoms with Gasteiger partial charge in [-0.3, -0.25) is 4.79 Å². The van der Waals surface area contributed by atoms with E-state index < -0.39 is 0 Å². The molecule has 1 aromatic rings. The van der Waals surface area contributed by atoms with Gasteiger partial charge in [-0.1, -0.05) is 31.9 Å². The molecule has 0 aromatic heterocycles. The molecule has 1 amide bonds. The number of likely N-dealkylation sites (N-methyl/N-ethyl adjacent to an activating group) is 1. The van der Waals surface area contributed by atoms with Gasteiger partial charge in [-0.2, -0.15) is 0 Å². The average Bonchev–Trinajstić information content (AvgIpc) is 2.46. The topological polar surface area (TPSA) is 41.1 Å².